The van der Waals surface area contributed by atoms with E-state index in [2.05, 4.69) is 18.2 Å². The Labute approximate surface area is 182 Å². The average molecular weight is 430 g/mol. The van der Waals surface area contributed by atoms with E-state index in [1.54, 1.807) is 16.2 Å². The summed E-state index contributed by atoms with van der Waals surface area (Å²) in [5, 5.41) is 1.19. The van der Waals surface area contributed by atoms with Crippen molar-refractivity contribution in [1.29, 1.82) is 0 Å². The van der Waals surface area contributed by atoms with Crippen molar-refractivity contribution in [2.45, 2.75) is 58.0 Å². The van der Waals surface area contributed by atoms with Crippen LogP contribution < -0.4 is 0 Å². The minimum absolute atomic E-state index is 0.120. The summed E-state index contributed by atoms with van der Waals surface area (Å²) in [6.07, 6.45) is 3.28. The minimum atomic E-state index is -0.517. The van der Waals surface area contributed by atoms with Crippen molar-refractivity contribution in [3.63, 3.8) is 0 Å². The molecule has 0 radical (unpaired) electrons. The van der Waals surface area contributed by atoms with Crippen LogP contribution in [0.5, 0.6) is 0 Å². The number of fused-ring (bicyclic) bond motifs is 1. The van der Waals surface area contributed by atoms with Crippen LogP contribution in [0.25, 0.3) is 10.2 Å². The van der Waals surface area contributed by atoms with Gasteiger partial charge >= 0.3 is 6.09 Å². The number of nitrogens with zero attached hydrogens (tertiary/aromatic N) is 3. The summed E-state index contributed by atoms with van der Waals surface area (Å²) >= 11 is 1.78. The first kappa shape index (κ1) is 21.1. The van der Waals surface area contributed by atoms with E-state index in [0.717, 1.165) is 44.3 Å². The summed E-state index contributed by atoms with van der Waals surface area (Å²) in [5.41, 5.74) is 0.553. The van der Waals surface area contributed by atoms with Crippen molar-refractivity contribution in [1.82, 2.24) is 14.8 Å². The summed E-state index contributed by atoms with van der Waals surface area (Å²) in [5.74, 6) is 0.493. The first-order chi connectivity index (χ1) is 14.3. The van der Waals surface area contributed by atoms with Gasteiger partial charge in [0.05, 0.1) is 21.1 Å². The lowest BCUT2D eigenvalue weighted by molar-refractivity contribution is -0.138. The molecular formula is C23H31N3O3S. The molecule has 7 heteroatoms. The van der Waals surface area contributed by atoms with E-state index in [-0.39, 0.29) is 17.9 Å². The fourth-order valence-electron chi connectivity index (χ4n) is 4.34. The Bertz CT molecular complexity index is 879. The van der Waals surface area contributed by atoms with Gasteiger partial charge in [0.1, 0.15) is 5.60 Å². The third kappa shape index (κ3) is 4.77. The molecule has 2 aliphatic rings. The van der Waals surface area contributed by atoms with E-state index in [4.69, 9.17) is 9.72 Å². The topological polar surface area (TPSA) is 62.7 Å². The normalized spacial score (nSPS) is 21.1. The molecule has 0 saturated carbocycles. The summed E-state index contributed by atoms with van der Waals surface area (Å²) in [4.78, 5) is 34.0. The maximum atomic E-state index is 13.1. The van der Waals surface area contributed by atoms with Crippen LogP contribution in [-0.4, -0.2) is 58.6 Å². The van der Waals surface area contributed by atoms with Gasteiger partial charge in [-0.1, -0.05) is 12.1 Å². The summed E-state index contributed by atoms with van der Waals surface area (Å²) in [7, 11) is 0. The van der Waals surface area contributed by atoms with Crippen LogP contribution in [-0.2, 0) is 9.53 Å². The fraction of sp³-hybridized carbons (Fsp3) is 0.609. The zero-order valence-electron chi connectivity index (χ0n) is 18.1. The van der Waals surface area contributed by atoms with Gasteiger partial charge < -0.3 is 14.5 Å². The van der Waals surface area contributed by atoms with Crippen molar-refractivity contribution in [3.8, 4) is 0 Å². The van der Waals surface area contributed by atoms with Crippen LogP contribution in [0.15, 0.2) is 24.3 Å². The Hall–Kier alpha value is -2.15. The van der Waals surface area contributed by atoms with Crippen molar-refractivity contribution in [3.05, 3.63) is 29.3 Å². The number of ether oxygens (including phenoxy) is 1. The Morgan fingerprint density at radius 1 is 1.07 bits per heavy atom. The fourth-order valence-corrected chi connectivity index (χ4v) is 5.48. The maximum Gasteiger partial charge on any atom is 0.410 e. The molecule has 2 amide bonds. The monoisotopic (exact) mass is 429 g/mol. The van der Waals surface area contributed by atoms with Gasteiger partial charge in [0.15, 0.2) is 0 Å². The molecule has 6 nitrogen and oxygen atoms in total. The van der Waals surface area contributed by atoms with Crippen LogP contribution in [0, 0.1) is 5.92 Å². The molecule has 1 aromatic heterocycles. The van der Waals surface area contributed by atoms with Gasteiger partial charge in [0, 0.05) is 32.1 Å². The molecule has 2 aliphatic heterocycles. The molecule has 0 bridgehead atoms. The number of thiazole rings is 1. The van der Waals surface area contributed by atoms with Crippen LogP contribution in [0.2, 0.25) is 0 Å². The number of likely N-dealkylation sites (tertiary alicyclic amines) is 2. The predicted octanol–water partition coefficient (Wildman–Crippen LogP) is 4.65. The highest BCUT2D eigenvalue weighted by molar-refractivity contribution is 7.18. The highest BCUT2D eigenvalue weighted by Crippen LogP contribution is 2.34. The van der Waals surface area contributed by atoms with E-state index in [1.807, 2.05) is 31.7 Å². The number of piperidine rings is 2. The Morgan fingerprint density at radius 2 is 1.80 bits per heavy atom. The Kier molecular flexibility index (Phi) is 6.00. The SMILES string of the molecule is CC(C)(C)OC(=O)N1CCCC(C(=O)N2CCC(c3nc4ccccc4s3)CC2)C1. The number of amides is 2. The highest BCUT2D eigenvalue weighted by atomic mass is 32.1. The van der Waals surface area contributed by atoms with Crippen LogP contribution in [0.4, 0.5) is 4.79 Å². The smallest absolute Gasteiger partial charge is 0.410 e. The molecule has 1 aromatic carbocycles. The van der Waals surface area contributed by atoms with Gasteiger partial charge in [-0.2, -0.15) is 0 Å². The molecule has 162 valence electrons. The molecule has 2 saturated heterocycles. The number of aromatic nitrogens is 1. The predicted molar refractivity (Wildman–Crippen MR) is 119 cm³/mol. The average Bonchev–Trinajstić information content (AvgIpc) is 3.16. The highest BCUT2D eigenvalue weighted by Gasteiger charge is 2.35. The third-order valence-electron chi connectivity index (χ3n) is 5.89. The maximum absolute atomic E-state index is 13.1. The van der Waals surface area contributed by atoms with E-state index in [1.165, 1.54) is 9.71 Å². The lowest BCUT2D eigenvalue weighted by Gasteiger charge is -2.37. The van der Waals surface area contributed by atoms with Gasteiger partial charge in [-0.3, -0.25) is 4.79 Å². The van der Waals surface area contributed by atoms with Crippen molar-refractivity contribution in [2.24, 2.45) is 5.92 Å². The quantitative estimate of drug-likeness (QED) is 0.697. The zero-order chi connectivity index (χ0) is 21.3. The number of benzene rings is 1. The van der Waals surface area contributed by atoms with Crippen LogP contribution in [0.3, 0.4) is 0 Å². The van der Waals surface area contributed by atoms with Gasteiger partial charge in [0.25, 0.3) is 0 Å². The first-order valence-corrected chi connectivity index (χ1v) is 11.7. The van der Waals surface area contributed by atoms with Gasteiger partial charge in [0.2, 0.25) is 5.91 Å². The second-order valence-corrected chi connectivity index (χ2v) is 10.4. The molecular weight excluding hydrogens is 398 g/mol. The van der Waals surface area contributed by atoms with Gasteiger partial charge in [-0.15, -0.1) is 11.3 Å². The Balaban J connectivity index is 1.33. The molecule has 0 N–H and O–H groups in total. The second kappa shape index (κ2) is 8.53. The van der Waals surface area contributed by atoms with Crippen molar-refractivity contribution < 1.29 is 14.3 Å². The molecule has 2 fully saturated rings. The largest absolute Gasteiger partial charge is 0.444 e. The molecule has 4 rings (SSSR count). The number of rotatable bonds is 2. The number of hydrogen-bond acceptors (Lipinski definition) is 5. The third-order valence-corrected chi connectivity index (χ3v) is 7.09. The number of hydrogen-bond donors (Lipinski definition) is 0. The van der Waals surface area contributed by atoms with E-state index in [0.29, 0.717) is 19.0 Å². The van der Waals surface area contributed by atoms with Crippen molar-refractivity contribution in [2.75, 3.05) is 26.2 Å². The number of carbonyl (C=O) groups is 2. The van der Waals surface area contributed by atoms with Crippen LogP contribution >= 0.6 is 11.3 Å². The number of para-hydroxylation sites is 1. The summed E-state index contributed by atoms with van der Waals surface area (Å²) in [6, 6.07) is 8.26. The summed E-state index contributed by atoms with van der Waals surface area (Å²) < 4.78 is 6.73. The van der Waals surface area contributed by atoms with E-state index >= 15 is 0 Å². The minimum Gasteiger partial charge on any atom is -0.444 e. The molecule has 2 aromatic rings. The van der Waals surface area contributed by atoms with E-state index < -0.39 is 5.60 Å². The molecule has 1 unspecified atom stereocenters. The summed E-state index contributed by atoms with van der Waals surface area (Å²) in [6.45, 7) is 8.27. The zero-order valence-corrected chi connectivity index (χ0v) is 18.9. The molecule has 30 heavy (non-hydrogen) atoms. The molecule has 3 heterocycles. The lowest BCUT2D eigenvalue weighted by atomic mass is 9.93. The molecule has 0 spiro atoms. The van der Waals surface area contributed by atoms with E-state index in [9.17, 15) is 9.59 Å². The molecule has 1 atom stereocenters. The molecule has 0 aliphatic carbocycles. The van der Waals surface area contributed by atoms with Crippen LogP contribution in [0.1, 0.15) is 57.4 Å². The number of carbonyl (C=O) groups excluding carboxylic acids is 2. The second-order valence-electron chi connectivity index (χ2n) is 9.38. The standard InChI is InChI=1S/C23H31N3O3S/c1-23(2,3)29-22(28)26-12-6-7-17(15-26)21(27)25-13-10-16(11-14-25)20-24-18-8-4-5-9-19(18)30-20/h4-5,8-9,16-17H,6-7,10-15H2,1-3H3. The first-order valence-electron chi connectivity index (χ1n) is 10.9. The Morgan fingerprint density at radius 3 is 2.50 bits per heavy atom. The van der Waals surface area contributed by atoms with Gasteiger partial charge in [-0.25, -0.2) is 9.78 Å². The van der Waals surface area contributed by atoms with Crippen molar-refractivity contribution >= 4 is 33.6 Å². The van der Waals surface area contributed by atoms with Gasteiger partial charge in [-0.05, 0) is 58.6 Å². The lowest BCUT2D eigenvalue weighted by Crippen LogP contribution is -2.49.